The highest BCUT2D eigenvalue weighted by Gasteiger charge is 2.21. The number of ether oxygens (including phenoxy) is 1. The maximum Gasteiger partial charge on any atom is 0.302 e. The van der Waals surface area contributed by atoms with Gasteiger partial charge in [-0.25, -0.2) is 8.78 Å². The van der Waals surface area contributed by atoms with Crippen LogP contribution in [-0.2, 0) is 16.1 Å². The third-order valence-electron chi connectivity index (χ3n) is 3.53. The summed E-state index contributed by atoms with van der Waals surface area (Å²) in [6, 6.07) is 3.52. The number of halogens is 2. The van der Waals surface area contributed by atoms with E-state index in [0.29, 0.717) is 18.7 Å². The molecule has 0 saturated carbocycles. The van der Waals surface area contributed by atoms with Crippen LogP contribution in [0.3, 0.4) is 0 Å². The van der Waals surface area contributed by atoms with Gasteiger partial charge in [-0.1, -0.05) is 0 Å². The first-order valence-electron chi connectivity index (χ1n) is 6.84. The van der Waals surface area contributed by atoms with Crippen LogP contribution in [0.2, 0.25) is 0 Å². The zero-order chi connectivity index (χ0) is 14.5. The lowest BCUT2D eigenvalue weighted by Gasteiger charge is -2.32. The van der Waals surface area contributed by atoms with Gasteiger partial charge in [0.1, 0.15) is 11.6 Å². The van der Waals surface area contributed by atoms with E-state index in [1.54, 1.807) is 0 Å². The van der Waals surface area contributed by atoms with E-state index in [1.165, 1.54) is 13.0 Å². The Kier molecular flexibility index (Phi) is 5.06. The second-order valence-corrected chi connectivity index (χ2v) is 5.28. The number of hydrogen-bond acceptors (Lipinski definition) is 3. The summed E-state index contributed by atoms with van der Waals surface area (Å²) >= 11 is 0. The molecule has 1 aromatic carbocycles. The lowest BCUT2D eigenvalue weighted by molar-refractivity contribution is -0.142. The number of esters is 1. The molecule has 1 fully saturated rings. The number of piperidine rings is 1. The van der Waals surface area contributed by atoms with Crippen LogP contribution in [0.15, 0.2) is 18.2 Å². The normalized spacial score (nSPS) is 19.9. The van der Waals surface area contributed by atoms with Crippen molar-refractivity contribution in [2.45, 2.75) is 26.3 Å². The molecule has 20 heavy (non-hydrogen) atoms. The average molecular weight is 283 g/mol. The molecule has 110 valence electrons. The highest BCUT2D eigenvalue weighted by molar-refractivity contribution is 5.65. The fourth-order valence-corrected chi connectivity index (χ4v) is 2.57. The number of carbonyl (C=O) groups excluding carboxylic acids is 1. The van der Waals surface area contributed by atoms with Crippen LogP contribution in [0.4, 0.5) is 8.78 Å². The van der Waals surface area contributed by atoms with E-state index in [4.69, 9.17) is 4.74 Å². The van der Waals surface area contributed by atoms with Crippen LogP contribution in [0.25, 0.3) is 0 Å². The monoisotopic (exact) mass is 283 g/mol. The van der Waals surface area contributed by atoms with E-state index in [-0.39, 0.29) is 17.7 Å². The van der Waals surface area contributed by atoms with Crippen molar-refractivity contribution >= 4 is 5.97 Å². The summed E-state index contributed by atoms with van der Waals surface area (Å²) < 4.78 is 31.8. The van der Waals surface area contributed by atoms with Crippen molar-refractivity contribution in [3.63, 3.8) is 0 Å². The molecule has 1 heterocycles. The minimum atomic E-state index is -0.421. The second kappa shape index (κ2) is 6.79. The van der Waals surface area contributed by atoms with Gasteiger partial charge in [-0.2, -0.15) is 0 Å². The number of carbonyl (C=O) groups is 1. The number of nitrogens with zero attached hydrogens (tertiary/aromatic N) is 1. The molecule has 0 N–H and O–H groups in total. The number of rotatable bonds is 4. The van der Waals surface area contributed by atoms with Crippen molar-refractivity contribution in [1.29, 1.82) is 0 Å². The summed E-state index contributed by atoms with van der Waals surface area (Å²) in [6.07, 6.45) is 1.97. The lowest BCUT2D eigenvalue weighted by Crippen LogP contribution is -2.37. The van der Waals surface area contributed by atoms with E-state index in [9.17, 15) is 13.6 Å². The van der Waals surface area contributed by atoms with Crippen LogP contribution >= 0.6 is 0 Å². The minimum Gasteiger partial charge on any atom is -0.466 e. The topological polar surface area (TPSA) is 29.5 Å². The van der Waals surface area contributed by atoms with Crippen molar-refractivity contribution in [2.24, 2.45) is 5.92 Å². The van der Waals surface area contributed by atoms with Crippen LogP contribution in [0, 0.1) is 17.6 Å². The fourth-order valence-electron chi connectivity index (χ4n) is 2.57. The van der Waals surface area contributed by atoms with Crippen LogP contribution in [0.1, 0.15) is 25.3 Å². The molecule has 0 spiro atoms. The van der Waals surface area contributed by atoms with Gasteiger partial charge in [0.2, 0.25) is 0 Å². The van der Waals surface area contributed by atoms with Gasteiger partial charge < -0.3 is 4.74 Å². The van der Waals surface area contributed by atoms with E-state index in [2.05, 4.69) is 4.90 Å². The molecular weight excluding hydrogens is 264 g/mol. The van der Waals surface area contributed by atoms with Gasteiger partial charge in [0, 0.05) is 31.5 Å². The SMILES string of the molecule is CC(=O)OC[C@@H]1CCCN(Cc2cc(F)ccc2F)C1. The molecule has 5 heteroatoms. The van der Waals surface area contributed by atoms with Gasteiger partial charge in [0.15, 0.2) is 0 Å². The first-order valence-corrected chi connectivity index (χ1v) is 6.84. The zero-order valence-electron chi connectivity index (χ0n) is 11.6. The summed E-state index contributed by atoms with van der Waals surface area (Å²) in [4.78, 5) is 12.9. The molecule has 0 aromatic heterocycles. The lowest BCUT2D eigenvalue weighted by atomic mass is 9.98. The molecule has 0 aliphatic carbocycles. The summed E-state index contributed by atoms with van der Waals surface area (Å²) in [5.74, 6) is -0.814. The fraction of sp³-hybridized carbons (Fsp3) is 0.533. The van der Waals surface area contributed by atoms with E-state index < -0.39 is 5.82 Å². The summed E-state index contributed by atoms with van der Waals surface area (Å²) in [7, 11) is 0. The standard InChI is InChI=1S/C15H19F2NO2/c1-11(19)20-10-12-3-2-6-18(8-12)9-13-7-14(16)4-5-15(13)17/h4-5,7,12H,2-3,6,8-10H2,1H3/t12-/m1/s1. The molecule has 0 bridgehead atoms. The van der Waals surface area contributed by atoms with Crippen molar-refractivity contribution in [3.8, 4) is 0 Å². The Bertz CT molecular complexity index is 479. The first-order chi connectivity index (χ1) is 9.54. The van der Waals surface area contributed by atoms with E-state index >= 15 is 0 Å². The number of likely N-dealkylation sites (tertiary alicyclic amines) is 1. The van der Waals surface area contributed by atoms with Gasteiger partial charge in [-0.05, 0) is 37.6 Å². The summed E-state index contributed by atoms with van der Waals surface area (Å²) in [5.41, 5.74) is 0.373. The summed E-state index contributed by atoms with van der Waals surface area (Å²) in [5, 5.41) is 0. The third-order valence-corrected chi connectivity index (χ3v) is 3.53. The molecule has 2 rings (SSSR count). The molecule has 0 unspecified atom stereocenters. The molecule has 3 nitrogen and oxygen atoms in total. The minimum absolute atomic E-state index is 0.268. The van der Waals surface area contributed by atoms with Gasteiger partial charge >= 0.3 is 5.97 Å². The van der Waals surface area contributed by atoms with E-state index in [0.717, 1.165) is 38.1 Å². The molecule has 0 amide bonds. The quantitative estimate of drug-likeness (QED) is 0.796. The molecular formula is C15H19F2NO2. The highest BCUT2D eigenvalue weighted by Crippen LogP contribution is 2.20. The zero-order valence-corrected chi connectivity index (χ0v) is 11.6. The molecule has 1 aliphatic rings. The van der Waals surface area contributed by atoms with Crippen LogP contribution in [0.5, 0.6) is 0 Å². The van der Waals surface area contributed by atoms with E-state index in [1.807, 2.05) is 0 Å². The number of hydrogen-bond donors (Lipinski definition) is 0. The van der Waals surface area contributed by atoms with Crippen LogP contribution in [-0.4, -0.2) is 30.6 Å². The maximum atomic E-state index is 13.6. The van der Waals surface area contributed by atoms with Gasteiger partial charge in [-0.15, -0.1) is 0 Å². The average Bonchev–Trinajstić information content (AvgIpc) is 2.41. The predicted octanol–water partition coefficient (Wildman–Crippen LogP) is 2.74. The second-order valence-electron chi connectivity index (χ2n) is 5.28. The molecule has 1 aliphatic heterocycles. The molecule has 1 saturated heterocycles. The molecule has 1 aromatic rings. The highest BCUT2D eigenvalue weighted by atomic mass is 19.1. The summed E-state index contributed by atoms with van der Waals surface area (Å²) in [6.45, 7) is 3.77. The largest absolute Gasteiger partial charge is 0.466 e. The Hall–Kier alpha value is -1.49. The Labute approximate surface area is 117 Å². The smallest absolute Gasteiger partial charge is 0.302 e. The predicted molar refractivity (Wildman–Crippen MR) is 71.0 cm³/mol. The van der Waals surface area contributed by atoms with Crippen molar-refractivity contribution in [2.75, 3.05) is 19.7 Å². The van der Waals surface area contributed by atoms with Crippen molar-refractivity contribution in [1.82, 2.24) is 4.90 Å². The van der Waals surface area contributed by atoms with Gasteiger partial charge in [-0.3, -0.25) is 9.69 Å². The molecule has 1 atom stereocenters. The first kappa shape index (κ1) is 14.9. The maximum absolute atomic E-state index is 13.6. The Balaban J connectivity index is 1.92. The van der Waals surface area contributed by atoms with Crippen molar-refractivity contribution < 1.29 is 18.3 Å². The Morgan fingerprint density at radius 2 is 2.25 bits per heavy atom. The van der Waals surface area contributed by atoms with Crippen LogP contribution < -0.4 is 0 Å². The Morgan fingerprint density at radius 1 is 1.45 bits per heavy atom. The van der Waals surface area contributed by atoms with Gasteiger partial charge in [0.05, 0.1) is 6.61 Å². The third kappa shape index (κ3) is 4.27. The van der Waals surface area contributed by atoms with Crippen molar-refractivity contribution in [3.05, 3.63) is 35.4 Å². The van der Waals surface area contributed by atoms with Gasteiger partial charge in [0.25, 0.3) is 0 Å². The Morgan fingerprint density at radius 3 is 3.00 bits per heavy atom. The molecule has 0 radical (unpaired) electrons. The number of benzene rings is 1.